The summed E-state index contributed by atoms with van der Waals surface area (Å²) in [6.07, 6.45) is 10.6. The molecule has 0 aromatic carbocycles. The Hall–Kier alpha value is -1.16. The Balaban J connectivity index is 1.59. The first kappa shape index (κ1) is 13.8. The molecule has 2 aliphatic rings. The first-order valence-corrected chi connectivity index (χ1v) is 8.19. The minimum Gasteiger partial charge on any atom is -0.368 e. The Kier molecular flexibility index (Phi) is 4.51. The van der Waals surface area contributed by atoms with Crippen LogP contribution in [0.25, 0.3) is 0 Å². The average Bonchev–Trinajstić information content (AvgIpc) is 3.29. The normalized spacial score (nSPS) is 18.7. The lowest BCUT2D eigenvalue weighted by atomic mass is 10.1. The van der Waals surface area contributed by atoms with Gasteiger partial charge in [0.1, 0.15) is 12.1 Å². The highest BCUT2D eigenvalue weighted by molar-refractivity contribution is 5.46. The highest BCUT2D eigenvalue weighted by Gasteiger charge is 2.27. The molecule has 0 aliphatic heterocycles. The minimum absolute atomic E-state index is 0.851. The predicted molar refractivity (Wildman–Crippen MR) is 82.0 cm³/mol. The van der Waals surface area contributed by atoms with Crippen molar-refractivity contribution in [2.24, 2.45) is 0 Å². The van der Waals surface area contributed by atoms with Crippen LogP contribution in [0.15, 0.2) is 6.33 Å². The van der Waals surface area contributed by atoms with Gasteiger partial charge in [-0.3, -0.25) is 4.90 Å². The van der Waals surface area contributed by atoms with E-state index in [2.05, 4.69) is 27.1 Å². The van der Waals surface area contributed by atoms with Crippen molar-refractivity contribution in [3.8, 4) is 0 Å². The fourth-order valence-corrected chi connectivity index (χ4v) is 3.21. The molecule has 1 aromatic heterocycles. The van der Waals surface area contributed by atoms with Gasteiger partial charge in [0.15, 0.2) is 0 Å². The van der Waals surface area contributed by atoms with Crippen LogP contribution < -0.4 is 5.32 Å². The van der Waals surface area contributed by atoms with E-state index in [1.54, 1.807) is 6.33 Å². The highest BCUT2D eigenvalue weighted by atomic mass is 15.2. The number of hydrogen-bond donors (Lipinski definition) is 1. The Morgan fingerprint density at radius 2 is 2.05 bits per heavy atom. The van der Waals surface area contributed by atoms with Crippen LogP contribution in [0.5, 0.6) is 0 Å². The molecule has 1 saturated carbocycles. The predicted octanol–water partition coefficient (Wildman–Crippen LogP) is 2.64. The maximum atomic E-state index is 4.48. The topological polar surface area (TPSA) is 41.0 Å². The first-order chi connectivity index (χ1) is 9.88. The van der Waals surface area contributed by atoms with E-state index >= 15 is 0 Å². The summed E-state index contributed by atoms with van der Waals surface area (Å²) in [7, 11) is 0. The van der Waals surface area contributed by atoms with Crippen LogP contribution in [0.3, 0.4) is 0 Å². The lowest BCUT2D eigenvalue weighted by Gasteiger charge is -2.20. The molecule has 0 amide bonds. The van der Waals surface area contributed by atoms with Crippen LogP contribution >= 0.6 is 0 Å². The number of fused-ring (bicyclic) bond motifs is 1. The Bertz CT molecular complexity index is 442. The molecule has 0 atom stereocenters. The third-order valence-corrected chi connectivity index (χ3v) is 4.54. The molecule has 0 saturated heterocycles. The standard InChI is InChI=1S/C16H26N4/c1-2-20(13-8-9-13)11-10-17-16-14-6-4-3-5-7-15(14)18-12-19-16/h12-13H,2-11H2,1H3,(H,17,18,19). The lowest BCUT2D eigenvalue weighted by Crippen LogP contribution is -2.31. The Morgan fingerprint density at radius 1 is 1.20 bits per heavy atom. The van der Waals surface area contributed by atoms with Crippen molar-refractivity contribution in [3.05, 3.63) is 17.6 Å². The zero-order valence-electron chi connectivity index (χ0n) is 12.6. The fourth-order valence-electron chi connectivity index (χ4n) is 3.21. The van der Waals surface area contributed by atoms with Gasteiger partial charge in [0.2, 0.25) is 0 Å². The molecule has 4 nitrogen and oxygen atoms in total. The Labute approximate surface area is 122 Å². The van der Waals surface area contributed by atoms with E-state index in [1.807, 2.05) is 0 Å². The molecule has 2 aliphatic carbocycles. The molecule has 0 bridgehead atoms. The summed E-state index contributed by atoms with van der Waals surface area (Å²) in [5, 5.41) is 3.56. The molecule has 110 valence electrons. The zero-order valence-corrected chi connectivity index (χ0v) is 12.6. The molecule has 0 radical (unpaired) electrons. The highest BCUT2D eigenvalue weighted by Crippen LogP contribution is 2.26. The number of aromatic nitrogens is 2. The van der Waals surface area contributed by atoms with Gasteiger partial charge in [0.25, 0.3) is 0 Å². The van der Waals surface area contributed by atoms with E-state index < -0.39 is 0 Å². The molecule has 1 heterocycles. The van der Waals surface area contributed by atoms with Gasteiger partial charge in [-0.05, 0) is 45.1 Å². The third-order valence-electron chi connectivity index (χ3n) is 4.54. The largest absolute Gasteiger partial charge is 0.368 e. The summed E-state index contributed by atoms with van der Waals surface area (Å²) in [5.74, 6) is 1.09. The average molecular weight is 274 g/mol. The molecule has 20 heavy (non-hydrogen) atoms. The first-order valence-electron chi connectivity index (χ1n) is 8.19. The number of hydrogen-bond acceptors (Lipinski definition) is 4. The monoisotopic (exact) mass is 274 g/mol. The van der Waals surface area contributed by atoms with Crippen LogP contribution in [-0.2, 0) is 12.8 Å². The maximum Gasteiger partial charge on any atom is 0.132 e. The number of likely N-dealkylation sites (N-methyl/N-ethyl adjacent to an activating group) is 1. The van der Waals surface area contributed by atoms with Crippen LogP contribution in [0, 0.1) is 0 Å². The van der Waals surface area contributed by atoms with E-state index in [-0.39, 0.29) is 0 Å². The summed E-state index contributed by atoms with van der Waals surface area (Å²) in [5.41, 5.74) is 2.65. The fraction of sp³-hybridized carbons (Fsp3) is 0.750. The van der Waals surface area contributed by atoms with Crippen molar-refractivity contribution in [3.63, 3.8) is 0 Å². The Morgan fingerprint density at radius 3 is 2.85 bits per heavy atom. The summed E-state index contributed by atoms with van der Waals surface area (Å²) in [6, 6.07) is 0.851. The maximum absolute atomic E-state index is 4.48. The van der Waals surface area contributed by atoms with E-state index in [0.29, 0.717) is 0 Å². The van der Waals surface area contributed by atoms with Crippen molar-refractivity contribution in [2.45, 2.75) is 57.9 Å². The number of nitrogens with one attached hydrogen (secondary N) is 1. The second-order valence-corrected chi connectivity index (χ2v) is 5.99. The van der Waals surface area contributed by atoms with Gasteiger partial charge in [0.05, 0.1) is 0 Å². The second-order valence-electron chi connectivity index (χ2n) is 5.99. The lowest BCUT2D eigenvalue weighted by molar-refractivity contribution is 0.289. The van der Waals surface area contributed by atoms with Gasteiger partial charge in [0, 0.05) is 30.4 Å². The van der Waals surface area contributed by atoms with Gasteiger partial charge < -0.3 is 5.32 Å². The number of nitrogens with zero attached hydrogens (tertiary/aromatic N) is 3. The SMILES string of the molecule is CCN(CCNc1ncnc2c1CCCCC2)C1CC1. The van der Waals surface area contributed by atoms with Crippen molar-refractivity contribution in [2.75, 3.05) is 25.0 Å². The summed E-state index contributed by atoms with van der Waals surface area (Å²) in [4.78, 5) is 11.5. The zero-order chi connectivity index (χ0) is 13.8. The van der Waals surface area contributed by atoms with E-state index in [0.717, 1.165) is 44.3 Å². The van der Waals surface area contributed by atoms with Gasteiger partial charge in [-0.2, -0.15) is 0 Å². The summed E-state index contributed by atoms with van der Waals surface area (Å²) < 4.78 is 0. The van der Waals surface area contributed by atoms with Crippen LogP contribution in [0.2, 0.25) is 0 Å². The third kappa shape index (κ3) is 3.29. The van der Waals surface area contributed by atoms with Crippen molar-refractivity contribution in [1.29, 1.82) is 0 Å². The summed E-state index contributed by atoms with van der Waals surface area (Å²) >= 11 is 0. The molecule has 4 heteroatoms. The molecule has 1 aromatic rings. The second kappa shape index (κ2) is 6.53. The molecule has 0 spiro atoms. The van der Waals surface area contributed by atoms with Gasteiger partial charge in [-0.15, -0.1) is 0 Å². The molecular weight excluding hydrogens is 248 g/mol. The van der Waals surface area contributed by atoms with Crippen LogP contribution in [-0.4, -0.2) is 40.5 Å². The van der Waals surface area contributed by atoms with Crippen molar-refractivity contribution >= 4 is 5.82 Å². The van der Waals surface area contributed by atoms with E-state index in [4.69, 9.17) is 0 Å². The van der Waals surface area contributed by atoms with Gasteiger partial charge >= 0.3 is 0 Å². The van der Waals surface area contributed by atoms with Crippen LogP contribution in [0.4, 0.5) is 5.82 Å². The summed E-state index contributed by atoms with van der Waals surface area (Å²) in [6.45, 7) is 5.54. The molecule has 0 unspecified atom stereocenters. The minimum atomic E-state index is 0.851. The molecule has 3 rings (SSSR count). The van der Waals surface area contributed by atoms with Gasteiger partial charge in [-0.1, -0.05) is 13.3 Å². The van der Waals surface area contributed by atoms with Gasteiger partial charge in [-0.25, -0.2) is 9.97 Å². The molecule has 1 fully saturated rings. The molecular formula is C16H26N4. The van der Waals surface area contributed by atoms with Crippen molar-refractivity contribution < 1.29 is 0 Å². The number of rotatable bonds is 6. The molecule has 1 N–H and O–H groups in total. The number of aryl methyl sites for hydroxylation is 1. The smallest absolute Gasteiger partial charge is 0.132 e. The van der Waals surface area contributed by atoms with Crippen LogP contribution in [0.1, 0.15) is 50.3 Å². The van der Waals surface area contributed by atoms with E-state index in [1.165, 1.54) is 43.4 Å². The number of anilines is 1. The quantitative estimate of drug-likeness (QED) is 0.810. The van der Waals surface area contributed by atoms with Crippen molar-refractivity contribution in [1.82, 2.24) is 14.9 Å². The van der Waals surface area contributed by atoms with E-state index in [9.17, 15) is 0 Å².